The van der Waals surface area contributed by atoms with E-state index in [2.05, 4.69) is 161 Å². The van der Waals surface area contributed by atoms with Gasteiger partial charge in [-0.05, 0) is 83.0 Å². The van der Waals surface area contributed by atoms with E-state index in [0.717, 1.165) is 21.6 Å². The van der Waals surface area contributed by atoms with Crippen molar-refractivity contribution < 1.29 is 0 Å². The summed E-state index contributed by atoms with van der Waals surface area (Å²) >= 11 is 3.71. The largest absolute Gasteiger partial charge is 0.271 e. The lowest BCUT2D eigenvalue weighted by molar-refractivity contribution is 0.605. The molecule has 0 bridgehead atoms. The van der Waals surface area contributed by atoms with Gasteiger partial charge in [-0.2, -0.15) is 0 Å². The van der Waals surface area contributed by atoms with E-state index in [1.807, 2.05) is 23.5 Å². The summed E-state index contributed by atoms with van der Waals surface area (Å²) in [6.07, 6.45) is 0. The molecule has 0 spiro atoms. The van der Waals surface area contributed by atoms with Crippen LogP contribution in [0.15, 0.2) is 143 Å². The molecule has 0 fully saturated rings. The van der Waals surface area contributed by atoms with Gasteiger partial charge in [-0.1, -0.05) is 133 Å². The summed E-state index contributed by atoms with van der Waals surface area (Å²) in [6, 6.07) is 49.0. The first-order valence-electron chi connectivity index (χ1n) is 16.6. The van der Waals surface area contributed by atoms with Crippen molar-refractivity contribution in [3.63, 3.8) is 0 Å². The van der Waals surface area contributed by atoms with E-state index in [4.69, 9.17) is 9.98 Å². The number of fused-ring (bicyclic) bond motifs is 1. The molecule has 236 valence electrons. The third-order valence-electron chi connectivity index (χ3n) is 9.11. The maximum atomic E-state index is 5.02. The Hall–Kier alpha value is -4.38. The molecule has 2 aliphatic heterocycles. The van der Waals surface area contributed by atoms with Gasteiger partial charge in [-0.15, -0.1) is 23.5 Å². The van der Waals surface area contributed by atoms with Gasteiger partial charge in [-0.3, -0.25) is 9.98 Å². The third-order valence-corrected chi connectivity index (χ3v) is 12.0. The molecule has 2 aliphatic rings. The van der Waals surface area contributed by atoms with Crippen molar-refractivity contribution in [1.29, 1.82) is 0 Å². The average Bonchev–Trinajstić information content (AvgIpc) is 3.68. The van der Waals surface area contributed by atoms with Crippen LogP contribution >= 0.6 is 23.5 Å². The Morgan fingerprint density at radius 2 is 0.688 bits per heavy atom. The molecule has 0 N–H and O–H groups in total. The van der Waals surface area contributed by atoms with E-state index in [0.29, 0.717) is 0 Å². The van der Waals surface area contributed by atoms with Gasteiger partial charge in [-0.25, -0.2) is 0 Å². The van der Waals surface area contributed by atoms with Gasteiger partial charge in [0.05, 0.1) is 21.2 Å². The molecular formula is C44H38N2S2. The highest BCUT2D eigenvalue weighted by Crippen LogP contribution is 2.51. The normalized spacial score (nSPS) is 16.6. The van der Waals surface area contributed by atoms with Gasteiger partial charge < -0.3 is 0 Å². The second-order valence-electron chi connectivity index (χ2n) is 14.0. The Morgan fingerprint density at radius 3 is 1.02 bits per heavy atom. The van der Waals surface area contributed by atoms with Crippen LogP contribution in [-0.2, 0) is 0 Å². The predicted molar refractivity (Wildman–Crippen MR) is 212 cm³/mol. The van der Waals surface area contributed by atoms with Crippen molar-refractivity contribution in [3.8, 4) is 44.5 Å². The van der Waals surface area contributed by atoms with Crippen LogP contribution in [0, 0.1) is 0 Å². The Labute approximate surface area is 292 Å². The second-order valence-corrected chi connectivity index (χ2v) is 15.9. The standard InChI is InChI=1S/C44H38N2S2/c1-43(2)27-47-41(45-43)33-23-19-31(20-24-33)37-35-17-11-12-18-36(35)38(32-21-25-34(26-22-32)42-46-44(3,4)28-48-42)40(30-15-9-6-10-16-30)39(37)29-13-7-5-8-14-29/h5-26H,27-28H2,1-4H3. The monoisotopic (exact) mass is 658 g/mol. The van der Waals surface area contributed by atoms with Crippen molar-refractivity contribution in [2.75, 3.05) is 11.5 Å². The zero-order chi connectivity index (χ0) is 32.9. The molecule has 0 radical (unpaired) electrons. The van der Waals surface area contributed by atoms with Gasteiger partial charge in [0.1, 0.15) is 0 Å². The first-order valence-corrected chi connectivity index (χ1v) is 18.6. The topological polar surface area (TPSA) is 24.7 Å². The number of hydrogen-bond donors (Lipinski definition) is 0. The minimum absolute atomic E-state index is 0.0199. The lowest BCUT2D eigenvalue weighted by Crippen LogP contribution is -2.15. The molecule has 48 heavy (non-hydrogen) atoms. The van der Waals surface area contributed by atoms with Gasteiger partial charge >= 0.3 is 0 Å². The molecule has 0 saturated carbocycles. The number of thioether (sulfide) groups is 2. The van der Waals surface area contributed by atoms with E-state index in [-0.39, 0.29) is 11.1 Å². The van der Waals surface area contributed by atoms with Gasteiger partial charge in [0.2, 0.25) is 0 Å². The molecule has 2 heterocycles. The van der Waals surface area contributed by atoms with Gasteiger partial charge in [0.25, 0.3) is 0 Å². The minimum Gasteiger partial charge on any atom is -0.271 e. The molecule has 0 unspecified atom stereocenters. The van der Waals surface area contributed by atoms with Crippen LogP contribution in [0.25, 0.3) is 55.3 Å². The highest BCUT2D eigenvalue weighted by molar-refractivity contribution is 8.15. The molecule has 0 aromatic heterocycles. The summed E-state index contributed by atoms with van der Waals surface area (Å²) in [5, 5.41) is 4.76. The maximum Gasteiger partial charge on any atom is 0.0984 e. The van der Waals surface area contributed by atoms with Crippen LogP contribution in [-0.4, -0.2) is 32.7 Å². The summed E-state index contributed by atoms with van der Waals surface area (Å²) in [5.41, 5.74) is 12.2. The summed E-state index contributed by atoms with van der Waals surface area (Å²) in [4.78, 5) is 10.0. The van der Waals surface area contributed by atoms with Gasteiger partial charge in [0.15, 0.2) is 0 Å². The number of rotatable bonds is 6. The minimum atomic E-state index is -0.0199. The Bertz CT molecular complexity index is 2040. The number of benzene rings is 6. The number of aliphatic imine (C=N–C) groups is 2. The summed E-state index contributed by atoms with van der Waals surface area (Å²) in [5.74, 6) is 2.03. The number of nitrogens with zero attached hydrogens (tertiary/aromatic N) is 2. The Morgan fingerprint density at radius 1 is 0.375 bits per heavy atom. The fourth-order valence-corrected chi connectivity index (χ4v) is 9.19. The van der Waals surface area contributed by atoms with E-state index in [9.17, 15) is 0 Å². The van der Waals surface area contributed by atoms with E-state index >= 15 is 0 Å². The molecule has 6 aromatic rings. The van der Waals surface area contributed by atoms with E-state index in [1.54, 1.807) is 0 Å². The fraction of sp³-hybridized carbons (Fsp3) is 0.182. The van der Waals surface area contributed by atoms with Crippen molar-refractivity contribution in [3.05, 3.63) is 145 Å². The molecule has 4 heteroatoms. The van der Waals surface area contributed by atoms with Crippen LogP contribution in [0.3, 0.4) is 0 Å². The van der Waals surface area contributed by atoms with Crippen molar-refractivity contribution in [2.24, 2.45) is 9.98 Å². The van der Waals surface area contributed by atoms with Crippen molar-refractivity contribution in [2.45, 2.75) is 38.8 Å². The average molecular weight is 659 g/mol. The zero-order valence-electron chi connectivity index (χ0n) is 27.8. The molecule has 0 aliphatic carbocycles. The Balaban J connectivity index is 1.41. The summed E-state index contributed by atoms with van der Waals surface area (Å²) in [6.45, 7) is 8.84. The maximum absolute atomic E-state index is 5.02. The third kappa shape index (κ3) is 5.82. The predicted octanol–water partition coefficient (Wildman–Crippen LogP) is 12.1. The van der Waals surface area contributed by atoms with Crippen LogP contribution in [0.2, 0.25) is 0 Å². The molecular weight excluding hydrogens is 621 g/mol. The highest BCUT2D eigenvalue weighted by atomic mass is 32.2. The van der Waals surface area contributed by atoms with Crippen LogP contribution in [0.4, 0.5) is 0 Å². The molecule has 0 saturated heterocycles. The smallest absolute Gasteiger partial charge is 0.0984 e. The second kappa shape index (κ2) is 12.3. The van der Waals surface area contributed by atoms with E-state index < -0.39 is 0 Å². The zero-order valence-corrected chi connectivity index (χ0v) is 29.5. The van der Waals surface area contributed by atoms with Crippen LogP contribution in [0.1, 0.15) is 38.8 Å². The van der Waals surface area contributed by atoms with Crippen LogP contribution < -0.4 is 0 Å². The highest BCUT2D eigenvalue weighted by Gasteiger charge is 2.28. The Kier molecular flexibility index (Phi) is 7.89. The SMILES string of the molecule is CC1(C)CSC(c2ccc(-c3c(-c4ccccc4)c(-c4ccccc4)c(-c4ccc(C5=NC(C)(C)CS5)cc4)c4ccccc34)cc2)=N1. The fourth-order valence-electron chi connectivity index (χ4n) is 6.85. The van der Waals surface area contributed by atoms with E-state index in [1.165, 1.54) is 66.4 Å². The van der Waals surface area contributed by atoms with Crippen LogP contribution in [0.5, 0.6) is 0 Å². The summed E-state index contributed by atoms with van der Waals surface area (Å²) in [7, 11) is 0. The lowest BCUT2D eigenvalue weighted by atomic mass is 9.79. The lowest BCUT2D eigenvalue weighted by Gasteiger charge is -2.24. The van der Waals surface area contributed by atoms with Crippen molar-refractivity contribution in [1.82, 2.24) is 0 Å². The number of hydrogen-bond acceptors (Lipinski definition) is 4. The molecule has 0 atom stereocenters. The van der Waals surface area contributed by atoms with Gasteiger partial charge in [0, 0.05) is 22.6 Å². The molecule has 2 nitrogen and oxygen atoms in total. The first kappa shape index (κ1) is 30.9. The quantitative estimate of drug-likeness (QED) is 0.178. The molecule has 8 rings (SSSR count). The summed E-state index contributed by atoms with van der Waals surface area (Å²) < 4.78 is 0. The molecule has 6 aromatic carbocycles. The van der Waals surface area contributed by atoms with Crippen molar-refractivity contribution >= 4 is 44.4 Å². The first-order chi connectivity index (χ1) is 23.3. The molecule has 0 amide bonds.